The van der Waals surface area contributed by atoms with Crippen molar-refractivity contribution in [2.45, 2.75) is 31.8 Å². The molecule has 2 aliphatic rings. The van der Waals surface area contributed by atoms with Gasteiger partial charge in [-0.15, -0.1) is 0 Å². The summed E-state index contributed by atoms with van der Waals surface area (Å²) in [5.74, 6) is 1.61. The topological polar surface area (TPSA) is 52.4 Å². The first-order valence-electron chi connectivity index (χ1n) is 10.3. The molecule has 29 heavy (non-hydrogen) atoms. The van der Waals surface area contributed by atoms with Gasteiger partial charge in [0.05, 0.1) is 5.69 Å². The Bertz CT molecular complexity index is 986. The number of hydrogen-bond acceptors (Lipinski definition) is 5. The molecule has 0 N–H and O–H groups in total. The predicted molar refractivity (Wildman–Crippen MR) is 111 cm³/mol. The SMILES string of the molecule is Cn1cc(CN2CCCCC2c2cccnc2)c(-c2ccc3c(c2)OCCO3)n1. The van der Waals surface area contributed by atoms with Crippen LogP contribution in [0.2, 0.25) is 0 Å². The first-order chi connectivity index (χ1) is 14.3. The number of rotatable bonds is 4. The number of fused-ring (bicyclic) bond motifs is 1. The van der Waals surface area contributed by atoms with E-state index in [4.69, 9.17) is 14.6 Å². The molecule has 150 valence electrons. The normalized spacial score (nSPS) is 19.3. The van der Waals surface area contributed by atoms with Gasteiger partial charge >= 0.3 is 0 Å². The monoisotopic (exact) mass is 390 g/mol. The number of aromatic nitrogens is 3. The molecule has 1 saturated heterocycles. The van der Waals surface area contributed by atoms with Crippen LogP contribution in [-0.4, -0.2) is 39.4 Å². The molecule has 1 atom stereocenters. The third-order valence-corrected chi connectivity index (χ3v) is 5.78. The zero-order chi connectivity index (χ0) is 19.6. The Kier molecular flexibility index (Phi) is 4.94. The van der Waals surface area contributed by atoms with E-state index in [2.05, 4.69) is 34.3 Å². The summed E-state index contributed by atoms with van der Waals surface area (Å²) in [7, 11) is 1.99. The Labute approximate surface area is 171 Å². The van der Waals surface area contributed by atoms with Crippen LogP contribution < -0.4 is 9.47 Å². The van der Waals surface area contributed by atoms with E-state index >= 15 is 0 Å². The maximum Gasteiger partial charge on any atom is 0.162 e. The van der Waals surface area contributed by atoms with Gasteiger partial charge in [-0.1, -0.05) is 12.5 Å². The molecule has 0 bridgehead atoms. The van der Waals surface area contributed by atoms with Gasteiger partial charge in [0.25, 0.3) is 0 Å². The number of benzene rings is 1. The second-order valence-electron chi connectivity index (χ2n) is 7.80. The molecule has 1 fully saturated rings. The zero-order valence-corrected chi connectivity index (χ0v) is 16.8. The summed E-state index contributed by atoms with van der Waals surface area (Å²) in [5.41, 5.74) is 4.62. The first-order valence-corrected chi connectivity index (χ1v) is 10.3. The third kappa shape index (κ3) is 3.72. The highest BCUT2D eigenvalue weighted by Crippen LogP contribution is 2.37. The minimum absolute atomic E-state index is 0.408. The number of nitrogens with zero attached hydrogens (tertiary/aromatic N) is 4. The Hall–Kier alpha value is -2.86. The second-order valence-corrected chi connectivity index (χ2v) is 7.80. The smallest absolute Gasteiger partial charge is 0.162 e. The maximum absolute atomic E-state index is 5.78. The molecule has 2 aromatic heterocycles. The number of likely N-dealkylation sites (tertiary alicyclic amines) is 1. The van der Waals surface area contributed by atoms with Gasteiger partial charge in [0.15, 0.2) is 11.5 Å². The third-order valence-electron chi connectivity index (χ3n) is 5.78. The van der Waals surface area contributed by atoms with Crippen LogP contribution in [0.15, 0.2) is 48.9 Å². The molecule has 6 heteroatoms. The number of pyridine rings is 1. The molecule has 0 aliphatic carbocycles. The van der Waals surface area contributed by atoms with Gasteiger partial charge in [-0.2, -0.15) is 5.10 Å². The van der Waals surface area contributed by atoms with Crippen molar-refractivity contribution in [3.63, 3.8) is 0 Å². The van der Waals surface area contributed by atoms with Crippen molar-refractivity contribution in [2.75, 3.05) is 19.8 Å². The standard InChI is InChI=1S/C23H26N4O2/c1-26-15-19(16-27-10-3-2-6-20(27)18-5-4-9-24-14-18)23(25-26)17-7-8-21-22(13-17)29-12-11-28-21/h4-5,7-9,13-15,20H,2-3,6,10-12,16H2,1H3. The lowest BCUT2D eigenvalue weighted by molar-refractivity contribution is 0.140. The van der Waals surface area contributed by atoms with Crippen molar-refractivity contribution in [1.29, 1.82) is 0 Å². The molecule has 5 rings (SSSR count). The van der Waals surface area contributed by atoms with Crippen LogP contribution in [0.3, 0.4) is 0 Å². The fourth-order valence-electron chi connectivity index (χ4n) is 4.44. The average Bonchev–Trinajstić information content (AvgIpc) is 3.14. The largest absolute Gasteiger partial charge is 0.486 e. The van der Waals surface area contributed by atoms with E-state index in [0.717, 1.165) is 35.8 Å². The number of ether oxygens (including phenoxy) is 2. The van der Waals surface area contributed by atoms with E-state index in [0.29, 0.717) is 19.3 Å². The zero-order valence-electron chi connectivity index (χ0n) is 16.8. The van der Waals surface area contributed by atoms with Gasteiger partial charge in [-0.25, -0.2) is 0 Å². The minimum Gasteiger partial charge on any atom is -0.486 e. The van der Waals surface area contributed by atoms with Crippen LogP contribution in [0, 0.1) is 0 Å². The lowest BCUT2D eigenvalue weighted by Gasteiger charge is -2.35. The van der Waals surface area contributed by atoms with Crippen LogP contribution in [0.4, 0.5) is 0 Å². The van der Waals surface area contributed by atoms with Crippen LogP contribution in [0.5, 0.6) is 11.5 Å². The van der Waals surface area contributed by atoms with Crippen molar-refractivity contribution >= 4 is 0 Å². The summed E-state index contributed by atoms with van der Waals surface area (Å²) in [6.07, 6.45) is 9.66. The van der Waals surface area contributed by atoms with Gasteiger partial charge in [0.1, 0.15) is 13.2 Å². The van der Waals surface area contributed by atoms with Crippen molar-refractivity contribution < 1.29 is 9.47 Å². The van der Waals surface area contributed by atoms with Gasteiger partial charge in [0.2, 0.25) is 0 Å². The van der Waals surface area contributed by atoms with Crippen LogP contribution in [-0.2, 0) is 13.6 Å². The highest BCUT2D eigenvalue weighted by molar-refractivity contribution is 5.67. The second kappa shape index (κ2) is 7.87. The summed E-state index contributed by atoms with van der Waals surface area (Å²) in [5, 5.41) is 4.77. The molecule has 6 nitrogen and oxygen atoms in total. The Balaban J connectivity index is 1.45. The van der Waals surface area contributed by atoms with Gasteiger partial charge in [0, 0.05) is 49.4 Å². The maximum atomic E-state index is 5.78. The van der Waals surface area contributed by atoms with E-state index in [1.54, 1.807) is 0 Å². The van der Waals surface area contributed by atoms with E-state index in [1.165, 1.54) is 30.4 Å². The summed E-state index contributed by atoms with van der Waals surface area (Å²) in [6, 6.07) is 10.8. The molecule has 1 aromatic carbocycles. The highest BCUT2D eigenvalue weighted by atomic mass is 16.6. The van der Waals surface area contributed by atoms with E-state index in [1.807, 2.05) is 36.3 Å². The Morgan fingerprint density at radius 1 is 1.10 bits per heavy atom. The number of hydrogen-bond donors (Lipinski definition) is 0. The van der Waals surface area contributed by atoms with Crippen molar-refractivity contribution in [2.24, 2.45) is 7.05 Å². The van der Waals surface area contributed by atoms with Crippen LogP contribution in [0.25, 0.3) is 11.3 Å². The van der Waals surface area contributed by atoms with Gasteiger partial charge in [-0.05, 0) is 49.2 Å². The molecular weight excluding hydrogens is 364 g/mol. The van der Waals surface area contributed by atoms with Crippen LogP contribution in [0.1, 0.15) is 36.4 Å². The first kappa shape index (κ1) is 18.2. The van der Waals surface area contributed by atoms with Crippen molar-refractivity contribution in [3.05, 3.63) is 60.0 Å². The molecule has 0 spiro atoms. The van der Waals surface area contributed by atoms with Crippen molar-refractivity contribution in [3.8, 4) is 22.8 Å². The Morgan fingerprint density at radius 3 is 2.86 bits per heavy atom. The summed E-state index contributed by atoms with van der Waals surface area (Å²) in [6.45, 7) is 3.16. The molecule has 4 heterocycles. The molecule has 0 saturated carbocycles. The number of aryl methyl sites for hydroxylation is 1. The predicted octanol–water partition coefficient (Wildman–Crippen LogP) is 3.98. The summed E-state index contributed by atoms with van der Waals surface area (Å²) in [4.78, 5) is 6.91. The molecule has 1 unspecified atom stereocenters. The molecular formula is C23H26N4O2. The summed E-state index contributed by atoms with van der Waals surface area (Å²) < 4.78 is 13.4. The molecule has 0 radical (unpaired) electrons. The van der Waals surface area contributed by atoms with E-state index in [9.17, 15) is 0 Å². The fraction of sp³-hybridized carbons (Fsp3) is 0.391. The summed E-state index contributed by atoms with van der Waals surface area (Å²) >= 11 is 0. The van der Waals surface area contributed by atoms with Gasteiger partial charge in [-0.3, -0.25) is 14.6 Å². The molecule has 3 aromatic rings. The highest BCUT2D eigenvalue weighted by Gasteiger charge is 2.26. The lowest BCUT2D eigenvalue weighted by Crippen LogP contribution is -2.33. The van der Waals surface area contributed by atoms with Crippen molar-refractivity contribution in [1.82, 2.24) is 19.7 Å². The van der Waals surface area contributed by atoms with E-state index < -0.39 is 0 Å². The molecule has 0 amide bonds. The van der Waals surface area contributed by atoms with E-state index in [-0.39, 0.29) is 0 Å². The molecule has 2 aliphatic heterocycles. The average molecular weight is 390 g/mol. The fourth-order valence-corrected chi connectivity index (χ4v) is 4.44. The lowest BCUT2D eigenvalue weighted by atomic mass is 9.95. The van der Waals surface area contributed by atoms with Crippen LogP contribution >= 0.6 is 0 Å². The Morgan fingerprint density at radius 2 is 2.00 bits per heavy atom. The quantitative estimate of drug-likeness (QED) is 0.674. The van der Waals surface area contributed by atoms with Gasteiger partial charge < -0.3 is 9.47 Å². The number of piperidine rings is 1. The minimum atomic E-state index is 0.408.